The van der Waals surface area contributed by atoms with E-state index >= 15 is 0 Å². The molecule has 3 rings (SSSR count). The summed E-state index contributed by atoms with van der Waals surface area (Å²) in [6.07, 6.45) is 5.97. The van der Waals surface area contributed by atoms with Gasteiger partial charge in [0.05, 0.1) is 12.1 Å². The van der Waals surface area contributed by atoms with E-state index in [9.17, 15) is 9.18 Å². The number of nitrogens with zero attached hydrogens (tertiary/aromatic N) is 1. The van der Waals surface area contributed by atoms with Gasteiger partial charge in [0.25, 0.3) is 0 Å². The normalized spacial score (nSPS) is 17.9. The second-order valence-electron chi connectivity index (χ2n) is 6.09. The van der Waals surface area contributed by atoms with Gasteiger partial charge in [0.2, 0.25) is 0 Å². The molecule has 5 nitrogen and oxygen atoms in total. The number of hydrogen-bond acceptors (Lipinski definition) is 3. The first kappa shape index (κ1) is 17.4. The second-order valence-corrected chi connectivity index (χ2v) is 6.09. The number of rotatable bonds is 6. The topological polar surface area (TPSA) is 63.2 Å². The Morgan fingerprint density at radius 3 is 2.84 bits per heavy atom. The highest BCUT2D eigenvalue weighted by Crippen LogP contribution is 2.27. The van der Waals surface area contributed by atoms with Crippen LogP contribution in [0.15, 0.2) is 48.8 Å². The lowest BCUT2D eigenvalue weighted by Crippen LogP contribution is -2.42. The minimum absolute atomic E-state index is 0.0884. The van der Waals surface area contributed by atoms with Crippen molar-refractivity contribution < 1.29 is 13.9 Å². The second kappa shape index (κ2) is 8.58. The van der Waals surface area contributed by atoms with Crippen LogP contribution in [0.1, 0.15) is 30.0 Å². The van der Waals surface area contributed by atoms with Crippen LogP contribution in [0.4, 0.5) is 9.18 Å². The molecule has 0 bridgehead atoms. The molecule has 2 heterocycles. The third-order valence-electron chi connectivity index (χ3n) is 4.27. The zero-order valence-electron chi connectivity index (χ0n) is 14.0. The number of carbonyl (C=O) groups is 1. The van der Waals surface area contributed by atoms with Gasteiger partial charge in [-0.15, -0.1) is 0 Å². The van der Waals surface area contributed by atoms with Crippen molar-refractivity contribution in [2.24, 2.45) is 0 Å². The Hall–Kier alpha value is -2.47. The minimum atomic E-state index is -0.296. The Labute approximate surface area is 146 Å². The largest absolute Gasteiger partial charge is 0.376 e. The lowest BCUT2D eigenvalue weighted by Gasteiger charge is -2.25. The number of carbonyl (C=O) groups excluding carboxylic acids is 1. The van der Waals surface area contributed by atoms with E-state index in [2.05, 4.69) is 15.6 Å². The summed E-state index contributed by atoms with van der Waals surface area (Å²) in [5, 5.41) is 5.83. The first-order valence-corrected chi connectivity index (χ1v) is 8.53. The lowest BCUT2D eigenvalue weighted by atomic mass is 9.99. The number of benzene rings is 1. The van der Waals surface area contributed by atoms with Crippen LogP contribution in [0.25, 0.3) is 0 Å². The van der Waals surface area contributed by atoms with Gasteiger partial charge >= 0.3 is 6.03 Å². The molecule has 2 aromatic rings. The van der Waals surface area contributed by atoms with Crippen molar-refractivity contribution in [1.82, 2.24) is 15.6 Å². The smallest absolute Gasteiger partial charge is 0.315 e. The highest BCUT2D eigenvalue weighted by Gasteiger charge is 2.28. The van der Waals surface area contributed by atoms with Gasteiger partial charge in [-0.1, -0.05) is 18.2 Å². The van der Waals surface area contributed by atoms with Crippen molar-refractivity contribution in [2.75, 3.05) is 13.2 Å². The van der Waals surface area contributed by atoms with Crippen LogP contribution in [0.5, 0.6) is 0 Å². The Morgan fingerprint density at radius 2 is 2.16 bits per heavy atom. The number of halogens is 1. The predicted molar refractivity (Wildman–Crippen MR) is 92.6 cm³/mol. The standard InChI is InChI=1S/C19H22FN3O2/c20-16-7-5-15(6-8-16)18(17-4-2-12-25-17)23-19(24)22-11-9-14-3-1-10-21-13-14/h1,3,5-8,10,13,17-18H,2,4,9,11-12H2,(H2,22,23,24)/t17-,18+/m0/s1. The summed E-state index contributed by atoms with van der Waals surface area (Å²) in [5.41, 5.74) is 1.91. The summed E-state index contributed by atoms with van der Waals surface area (Å²) in [6, 6.07) is 9.49. The van der Waals surface area contributed by atoms with Crippen LogP contribution in [0, 0.1) is 5.82 Å². The van der Waals surface area contributed by atoms with Crippen LogP contribution in [0.2, 0.25) is 0 Å². The van der Waals surface area contributed by atoms with Gasteiger partial charge in [0, 0.05) is 25.5 Å². The summed E-state index contributed by atoms with van der Waals surface area (Å²) < 4.78 is 18.9. The monoisotopic (exact) mass is 343 g/mol. The summed E-state index contributed by atoms with van der Waals surface area (Å²) in [4.78, 5) is 16.3. The molecule has 0 unspecified atom stereocenters. The lowest BCUT2D eigenvalue weighted by molar-refractivity contribution is 0.0807. The van der Waals surface area contributed by atoms with Gasteiger partial charge in [0.15, 0.2) is 0 Å². The molecule has 1 saturated heterocycles. The molecule has 132 valence electrons. The van der Waals surface area contributed by atoms with Crippen molar-refractivity contribution in [3.05, 3.63) is 65.7 Å². The molecule has 2 N–H and O–H groups in total. The van der Waals surface area contributed by atoms with Gasteiger partial charge < -0.3 is 15.4 Å². The third-order valence-corrected chi connectivity index (χ3v) is 4.27. The van der Waals surface area contributed by atoms with Gasteiger partial charge in [-0.2, -0.15) is 0 Å². The van der Waals surface area contributed by atoms with Crippen LogP contribution >= 0.6 is 0 Å². The maximum atomic E-state index is 13.2. The molecular formula is C19H22FN3O2. The van der Waals surface area contributed by atoms with E-state index in [1.54, 1.807) is 24.5 Å². The quantitative estimate of drug-likeness (QED) is 0.847. The zero-order valence-corrected chi connectivity index (χ0v) is 14.0. The maximum absolute atomic E-state index is 13.2. The molecule has 1 aliphatic rings. The Morgan fingerprint density at radius 1 is 1.32 bits per heavy atom. The fourth-order valence-corrected chi connectivity index (χ4v) is 2.99. The van der Waals surface area contributed by atoms with Gasteiger partial charge in [-0.25, -0.2) is 9.18 Å². The van der Waals surface area contributed by atoms with E-state index in [-0.39, 0.29) is 24.0 Å². The Bertz CT molecular complexity index is 673. The van der Waals surface area contributed by atoms with Crippen molar-refractivity contribution >= 4 is 6.03 Å². The SMILES string of the molecule is O=C(NCCc1cccnc1)N[C@H](c1ccc(F)cc1)[C@@H]1CCCO1. The summed E-state index contributed by atoms with van der Waals surface area (Å²) in [6.45, 7) is 1.20. The van der Waals surface area contributed by atoms with E-state index in [1.807, 2.05) is 12.1 Å². The van der Waals surface area contributed by atoms with Crippen molar-refractivity contribution in [3.8, 4) is 0 Å². The van der Waals surface area contributed by atoms with Gasteiger partial charge in [-0.05, 0) is 48.6 Å². The molecule has 1 fully saturated rings. The molecule has 25 heavy (non-hydrogen) atoms. The number of ether oxygens (including phenoxy) is 1. The molecule has 0 radical (unpaired) electrons. The van der Waals surface area contributed by atoms with Crippen LogP contribution < -0.4 is 10.6 Å². The molecule has 1 aromatic carbocycles. The first-order valence-electron chi connectivity index (χ1n) is 8.53. The fraction of sp³-hybridized carbons (Fsp3) is 0.368. The van der Waals surface area contributed by atoms with Crippen LogP contribution in [-0.4, -0.2) is 30.3 Å². The van der Waals surface area contributed by atoms with E-state index in [1.165, 1.54) is 12.1 Å². The zero-order chi connectivity index (χ0) is 17.5. The van der Waals surface area contributed by atoms with E-state index in [0.717, 1.165) is 24.0 Å². The molecule has 0 aliphatic carbocycles. The molecule has 1 aliphatic heterocycles. The molecule has 2 amide bonds. The number of urea groups is 1. The maximum Gasteiger partial charge on any atom is 0.315 e. The minimum Gasteiger partial charge on any atom is -0.376 e. The van der Waals surface area contributed by atoms with Crippen molar-refractivity contribution in [1.29, 1.82) is 0 Å². The molecule has 1 aromatic heterocycles. The molecule has 2 atom stereocenters. The van der Waals surface area contributed by atoms with E-state index in [0.29, 0.717) is 19.6 Å². The summed E-state index contributed by atoms with van der Waals surface area (Å²) in [5.74, 6) is -0.296. The van der Waals surface area contributed by atoms with Crippen molar-refractivity contribution in [2.45, 2.75) is 31.4 Å². The Kier molecular flexibility index (Phi) is 5.95. The van der Waals surface area contributed by atoms with Crippen molar-refractivity contribution in [3.63, 3.8) is 0 Å². The molecule has 6 heteroatoms. The number of nitrogens with one attached hydrogen (secondary N) is 2. The van der Waals surface area contributed by atoms with Gasteiger partial charge in [0.1, 0.15) is 5.82 Å². The summed E-state index contributed by atoms with van der Waals surface area (Å²) >= 11 is 0. The third kappa shape index (κ3) is 5.00. The molecule has 0 saturated carbocycles. The van der Waals surface area contributed by atoms with Crippen LogP contribution in [0.3, 0.4) is 0 Å². The van der Waals surface area contributed by atoms with Gasteiger partial charge in [-0.3, -0.25) is 4.98 Å². The number of hydrogen-bond donors (Lipinski definition) is 2. The number of pyridine rings is 1. The predicted octanol–water partition coefficient (Wildman–Crippen LogP) is 2.98. The fourth-order valence-electron chi connectivity index (χ4n) is 2.99. The average molecular weight is 343 g/mol. The Balaban J connectivity index is 1.57. The van der Waals surface area contributed by atoms with E-state index in [4.69, 9.17) is 4.74 Å². The number of aromatic nitrogens is 1. The van der Waals surface area contributed by atoms with Crippen LogP contribution in [-0.2, 0) is 11.2 Å². The average Bonchev–Trinajstić information content (AvgIpc) is 3.16. The number of amides is 2. The molecular weight excluding hydrogens is 321 g/mol. The molecule has 0 spiro atoms. The van der Waals surface area contributed by atoms with E-state index < -0.39 is 0 Å². The highest BCUT2D eigenvalue weighted by atomic mass is 19.1. The summed E-state index contributed by atoms with van der Waals surface area (Å²) in [7, 11) is 0. The highest BCUT2D eigenvalue weighted by molar-refractivity contribution is 5.74. The first-order chi connectivity index (χ1) is 12.2.